The highest BCUT2D eigenvalue weighted by Crippen LogP contribution is 2.35. The fourth-order valence-electron chi connectivity index (χ4n) is 3.20. The van der Waals surface area contributed by atoms with Gasteiger partial charge in [0.1, 0.15) is 0 Å². The van der Waals surface area contributed by atoms with Crippen molar-refractivity contribution in [3.8, 4) is 0 Å². The van der Waals surface area contributed by atoms with Crippen molar-refractivity contribution in [3.63, 3.8) is 0 Å². The second-order valence-corrected chi connectivity index (χ2v) is 6.59. The summed E-state index contributed by atoms with van der Waals surface area (Å²) in [6.07, 6.45) is 2.30. The first-order valence-electron chi connectivity index (χ1n) is 7.79. The van der Waals surface area contributed by atoms with E-state index < -0.39 is 0 Å². The molecule has 1 aliphatic heterocycles. The highest BCUT2D eigenvalue weighted by Gasteiger charge is 2.27. The molecule has 3 heteroatoms. The van der Waals surface area contributed by atoms with Crippen LogP contribution in [-0.4, -0.2) is 19.8 Å². The topological polar surface area (TPSA) is 21.3 Å². The van der Waals surface area contributed by atoms with E-state index in [0.29, 0.717) is 12.0 Å². The van der Waals surface area contributed by atoms with Crippen LogP contribution in [0, 0.1) is 5.92 Å². The zero-order valence-electron chi connectivity index (χ0n) is 12.4. The molecule has 0 bridgehead atoms. The third-order valence-electron chi connectivity index (χ3n) is 4.29. The van der Waals surface area contributed by atoms with Crippen LogP contribution in [0.1, 0.15) is 31.4 Å². The number of benzene rings is 2. The zero-order valence-corrected chi connectivity index (χ0v) is 14.0. The van der Waals surface area contributed by atoms with Crippen LogP contribution in [0.2, 0.25) is 0 Å². The fourth-order valence-corrected chi connectivity index (χ4v) is 3.68. The van der Waals surface area contributed by atoms with E-state index >= 15 is 0 Å². The molecule has 2 atom stereocenters. The van der Waals surface area contributed by atoms with Crippen LogP contribution in [0.25, 0.3) is 10.8 Å². The van der Waals surface area contributed by atoms with Crippen molar-refractivity contribution in [1.29, 1.82) is 0 Å². The standard InChI is InChI=1S/C18H22BrNO/c1-2-10-20-18(13-9-11-21-12-13)16-7-8-17(19)15-6-4-3-5-14(15)16/h3-8,13,18,20H,2,9-12H2,1H3. The first-order chi connectivity index (χ1) is 10.3. The molecule has 2 unspecified atom stereocenters. The molecule has 2 aromatic rings. The van der Waals surface area contributed by atoms with Crippen molar-refractivity contribution < 1.29 is 4.74 Å². The Bertz CT molecular complexity index is 607. The summed E-state index contributed by atoms with van der Waals surface area (Å²) in [5.41, 5.74) is 1.40. The normalized spacial score (nSPS) is 20.0. The first kappa shape index (κ1) is 15.0. The van der Waals surface area contributed by atoms with Gasteiger partial charge in [0.25, 0.3) is 0 Å². The maximum absolute atomic E-state index is 5.63. The molecule has 2 nitrogen and oxygen atoms in total. The van der Waals surface area contributed by atoms with Gasteiger partial charge in [0, 0.05) is 23.0 Å². The monoisotopic (exact) mass is 347 g/mol. The minimum absolute atomic E-state index is 0.380. The Morgan fingerprint density at radius 1 is 1.24 bits per heavy atom. The molecule has 1 fully saturated rings. The lowest BCUT2D eigenvalue weighted by molar-refractivity contribution is 0.177. The highest BCUT2D eigenvalue weighted by molar-refractivity contribution is 9.10. The maximum atomic E-state index is 5.63. The van der Waals surface area contributed by atoms with E-state index in [4.69, 9.17) is 4.74 Å². The minimum atomic E-state index is 0.380. The van der Waals surface area contributed by atoms with E-state index in [1.807, 2.05) is 0 Å². The average molecular weight is 348 g/mol. The van der Waals surface area contributed by atoms with Crippen LogP contribution in [0.15, 0.2) is 40.9 Å². The Morgan fingerprint density at radius 3 is 2.76 bits per heavy atom. The molecule has 112 valence electrons. The van der Waals surface area contributed by atoms with E-state index in [0.717, 1.165) is 32.6 Å². The molecule has 0 aromatic heterocycles. The molecule has 0 aliphatic carbocycles. The summed E-state index contributed by atoms with van der Waals surface area (Å²) in [5.74, 6) is 0.570. The average Bonchev–Trinajstić information content (AvgIpc) is 3.04. The van der Waals surface area contributed by atoms with Crippen molar-refractivity contribution in [1.82, 2.24) is 5.32 Å². The number of rotatable bonds is 5. The minimum Gasteiger partial charge on any atom is -0.381 e. The number of hydrogen-bond donors (Lipinski definition) is 1. The maximum Gasteiger partial charge on any atom is 0.0513 e. The number of nitrogens with one attached hydrogen (secondary N) is 1. The van der Waals surface area contributed by atoms with E-state index in [1.54, 1.807) is 0 Å². The summed E-state index contributed by atoms with van der Waals surface area (Å²) in [5, 5.41) is 6.37. The summed E-state index contributed by atoms with van der Waals surface area (Å²) in [4.78, 5) is 0. The zero-order chi connectivity index (χ0) is 14.7. The van der Waals surface area contributed by atoms with Crippen LogP contribution in [0.5, 0.6) is 0 Å². The Morgan fingerprint density at radius 2 is 2.05 bits per heavy atom. The molecular formula is C18H22BrNO. The molecule has 1 heterocycles. The molecule has 21 heavy (non-hydrogen) atoms. The SMILES string of the molecule is CCCNC(c1ccc(Br)c2ccccc12)C1CCOC1. The van der Waals surface area contributed by atoms with Gasteiger partial charge >= 0.3 is 0 Å². The largest absolute Gasteiger partial charge is 0.381 e. The van der Waals surface area contributed by atoms with Gasteiger partial charge in [0.05, 0.1) is 6.61 Å². The number of halogens is 1. The molecule has 2 aromatic carbocycles. The number of ether oxygens (including phenoxy) is 1. The Kier molecular flexibility index (Phi) is 4.94. The second kappa shape index (κ2) is 6.91. The van der Waals surface area contributed by atoms with Gasteiger partial charge in [0.15, 0.2) is 0 Å². The molecule has 1 saturated heterocycles. The Hall–Kier alpha value is -0.900. The summed E-state index contributed by atoms with van der Waals surface area (Å²) < 4.78 is 6.79. The van der Waals surface area contributed by atoms with E-state index in [-0.39, 0.29) is 0 Å². The van der Waals surface area contributed by atoms with Crippen molar-refractivity contribution in [2.24, 2.45) is 5.92 Å². The summed E-state index contributed by atoms with van der Waals surface area (Å²) in [6.45, 7) is 5.02. The van der Waals surface area contributed by atoms with Crippen molar-refractivity contribution in [3.05, 3.63) is 46.4 Å². The van der Waals surface area contributed by atoms with Gasteiger partial charge < -0.3 is 10.1 Å². The van der Waals surface area contributed by atoms with Crippen molar-refractivity contribution >= 4 is 26.7 Å². The van der Waals surface area contributed by atoms with Gasteiger partial charge in [-0.05, 0) is 41.8 Å². The second-order valence-electron chi connectivity index (χ2n) is 5.74. The van der Waals surface area contributed by atoms with E-state index in [2.05, 4.69) is 64.6 Å². The summed E-state index contributed by atoms with van der Waals surface area (Å²) in [7, 11) is 0. The summed E-state index contributed by atoms with van der Waals surface area (Å²) in [6, 6.07) is 13.5. The van der Waals surface area contributed by atoms with Gasteiger partial charge in [-0.2, -0.15) is 0 Å². The van der Waals surface area contributed by atoms with Gasteiger partial charge in [-0.1, -0.05) is 53.2 Å². The number of fused-ring (bicyclic) bond motifs is 1. The molecule has 0 radical (unpaired) electrons. The van der Waals surface area contributed by atoms with Gasteiger partial charge in [0.2, 0.25) is 0 Å². The smallest absolute Gasteiger partial charge is 0.0513 e. The van der Waals surface area contributed by atoms with E-state index in [1.165, 1.54) is 20.8 Å². The molecule has 1 N–H and O–H groups in total. The Labute approximate surface area is 135 Å². The lowest BCUT2D eigenvalue weighted by atomic mass is 9.89. The molecule has 1 aliphatic rings. The van der Waals surface area contributed by atoms with Crippen LogP contribution >= 0.6 is 15.9 Å². The van der Waals surface area contributed by atoms with Crippen LogP contribution in [0.3, 0.4) is 0 Å². The molecule has 0 saturated carbocycles. The van der Waals surface area contributed by atoms with E-state index in [9.17, 15) is 0 Å². The fraction of sp³-hybridized carbons (Fsp3) is 0.444. The first-order valence-corrected chi connectivity index (χ1v) is 8.59. The van der Waals surface area contributed by atoms with Crippen molar-refractivity contribution in [2.75, 3.05) is 19.8 Å². The predicted octanol–water partition coefficient (Wildman–Crippen LogP) is 4.68. The summed E-state index contributed by atoms with van der Waals surface area (Å²) >= 11 is 3.67. The quantitative estimate of drug-likeness (QED) is 0.847. The highest BCUT2D eigenvalue weighted by atomic mass is 79.9. The van der Waals surface area contributed by atoms with Gasteiger partial charge in [-0.15, -0.1) is 0 Å². The lowest BCUT2D eigenvalue weighted by Crippen LogP contribution is -2.29. The molecule has 0 amide bonds. The number of hydrogen-bond acceptors (Lipinski definition) is 2. The lowest BCUT2D eigenvalue weighted by Gasteiger charge is -2.26. The predicted molar refractivity (Wildman–Crippen MR) is 91.6 cm³/mol. The van der Waals surface area contributed by atoms with Gasteiger partial charge in [-0.25, -0.2) is 0 Å². The third kappa shape index (κ3) is 3.15. The molecule has 0 spiro atoms. The third-order valence-corrected chi connectivity index (χ3v) is 4.98. The Balaban J connectivity index is 2.03. The van der Waals surface area contributed by atoms with Crippen molar-refractivity contribution in [2.45, 2.75) is 25.8 Å². The molecular weight excluding hydrogens is 326 g/mol. The van der Waals surface area contributed by atoms with Crippen LogP contribution < -0.4 is 5.32 Å². The molecule has 3 rings (SSSR count). The van der Waals surface area contributed by atoms with Crippen LogP contribution in [-0.2, 0) is 4.74 Å². The van der Waals surface area contributed by atoms with Gasteiger partial charge in [-0.3, -0.25) is 0 Å². The van der Waals surface area contributed by atoms with Crippen LogP contribution in [0.4, 0.5) is 0 Å².